The number of hydrogen-bond acceptors (Lipinski definition) is 3. The first kappa shape index (κ1) is 17.7. The lowest BCUT2D eigenvalue weighted by atomic mass is 9.89. The number of fused-ring (bicyclic) bond motifs is 2. The van der Waals surface area contributed by atoms with Gasteiger partial charge in [0.2, 0.25) is 0 Å². The fourth-order valence-electron chi connectivity index (χ4n) is 3.99. The smallest absolute Gasteiger partial charge is 0.260 e. The largest absolute Gasteiger partial charge is 0.310 e. The second kappa shape index (κ2) is 7.19. The van der Waals surface area contributed by atoms with Gasteiger partial charge >= 0.3 is 0 Å². The summed E-state index contributed by atoms with van der Waals surface area (Å²) in [7, 11) is 0. The third-order valence-corrected chi connectivity index (χ3v) is 6.56. The van der Waals surface area contributed by atoms with Gasteiger partial charge in [0.1, 0.15) is 10.7 Å². The highest BCUT2D eigenvalue weighted by molar-refractivity contribution is 7.17. The molecule has 0 saturated heterocycles. The highest BCUT2D eigenvalue weighted by Gasteiger charge is 2.16. The van der Waals surface area contributed by atoms with Gasteiger partial charge in [-0.25, -0.2) is 4.98 Å². The van der Waals surface area contributed by atoms with Crippen LogP contribution in [0.15, 0.2) is 52.6 Å². The number of aromatic nitrogens is 2. The molecular weight excluding hydrogens is 388 g/mol. The number of thiophene rings is 1. The molecule has 0 amide bonds. The van der Waals surface area contributed by atoms with Gasteiger partial charge in [0.05, 0.1) is 5.39 Å². The lowest BCUT2D eigenvalue weighted by Gasteiger charge is -2.16. The summed E-state index contributed by atoms with van der Waals surface area (Å²) in [4.78, 5) is 21.4. The maximum absolute atomic E-state index is 12.9. The Morgan fingerprint density at radius 1 is 1.04 bits per heavy atom. The highest BCUT2D eigenvalue weighted by atomic mass is 35.5. The van der Waals surface area contributed by atoms with Crippen molar-refractivity contribution in [2.24, 2.45) is 0 Å². The average molecular weight is 407 g/mol. The van der Waals surface area contributed by atoms with Crippen LogP contribution in [0.4, 0.5) is 0 Å². The van der Waals surface area contributed by atoms with Crippen LogP contribution < -0.4 is 5.56 Å². The molecular formula is C23H19ClN2OS. The first-order valence-corrected chi connectivity index (χ1v) is 10.8. The van der Waals surface area contributed by atoms with Crippen LogP contribution in [-0.2, 0) is 19.3 Å². The number of H-pyrrole nitrogens is 1. The SMILES string of the molecule is O=c1[nH]c(Cc2ccc(Cl)cc2)nc2scc(-c3ccc4c(c3)CCCC4)c12. The van der Waals surface area contributed by atoms with Crippen LogP contribution in [-0.4, -0.2) is 9.97 Å². The molecule has 4 aromatic rings. The van der Waals surface area contributed by atoms with Crippen molar-refractivity contribution in [2.75, 3.05) is 0 Å². The summed E-state index contributed by atoms with van der Waals surface area (Å²) in [6.45, 7) is 0. The molecule has 0 radical (unpaired) electrons. The van der Waals surface area contributed by atoms with Crippen LogP contribution in [0.2, 0.25) is 5.02 Å². The molecule has 28 heavy (non-hydrogen) atoms. The van der Waals surface area contributed by atoms with Crippen molar-refractivity contribution in [3.8, 4) is 11.1 Å². The molecule has 140 valence electrons. The van der Waals surface area contributed by atoms with Crippen LogP contribution in [0.5, 0.6) is 0 Å². The number of halogens is 1. The average Bonchev–Trinajstić information content (AvgIpc) is 3.14. The molecule has 3 nitrogen and oxygen atoms in total. The van der Waals surface area contributed by atoms with Crippen LogP contribution in [0.3, 0.4) is 0 Å². The van der Waals surface area contributed by atoms with Gasteiger partial charge < -0.3 is 4.98 Å². The van der Waals surface area contributed by atoms with Gasteiger partial charge in [-0.1, -0.05) is 41.9 Å². The first-order valence-electron chi connectivity index (χ1n) is 9.54. The van der Waals surface area contributed by atoms with E-state index in [-0.39, 0.29) is 5.56 Å². The minimum atomic E-state index is -0.0667. The second-order valence-corrected chi connectivity index (χ2v) is 8.63. The van der Waals surface area contributed by atoms with E-state index in [1.807, 2.05) is 24.3 Å². The molecule has 1 aliphatic carbocycles. The molecule has 0 unspecified atom stereocenters. The summed E-state index contributed by atoms with van der Waals surface area (Å²) in [5, 5.41) is 3.46. The third-order valence-electron chi connectivity index (χ3n) is 5.44. The van der Waals surface area contributed by atoms with Crippen LogP contribution in [0.1, 0.15) is 35.4 Å². The Kier molecular flexibility index (Phi) is 4.53. The number of hydrogen-bond donors (Lipinski definition) is 1. The summed E-state index contributed by atoms with van der Waals surface area (Å²) >= 11 is 7.49. The number of rotatable bonds is 3. The maximum Gasteiger partial charge on any atom is 0.260 e. The molecule has 2 heterocycles. The number of benzene rings is 2. The Morgan fingerprint density at radius 3 is 2.64 bits per heavy atom. The van der Waals surface area contributed by atoms with Gasteiger partial charge in [0, 0.05) is 22.4 Å². The Morgan fingerprint density at radius 2 is 1.82 bits per heavy atom. The summed E-state index contributed by atoms with van der Waals surface area (Å²) in [6.07, 6.45) is 5.39. The molecule has 2 aromatic carbocycles. The molecule has 0 bridgehead atoms. The van der Waals surface area contributed by atoms with Crippen molar-refractivity contribution >= 4 is 33.2 Å². The molecule has 0 fully saturated rings. The van der Waals surface area contributed by atoms with Crippen molar-refractivity contribution in [3.63, 3.8) is 0 Å². The van der Waals surface area contributed by atoms with Crippen molar-refractivity contribution in [1.29, 1.82) is 0 Å². The van der Waals surface area contributed by atoms with E-state index in [1.54, 1.807) is 0 Å². The Hall–Kier alpha value is -2.43. The van der Waals surface area contributed by atoms with Crippen molar-refractivity contribution in [1.82, 2.24) is 9.97 Å². The van der Waals surface area contributed by atoms with Crippen LogP contribution in [0.25, 0.3) is 21.3 Å². The van der Waals surface area contributed by atoms with E-state index < -0.39 is 0 Å². The van der Waals surface area contributed by atoms with Crippen molar-refractivity contribution in [3.05, 3.63) is 85.7 Å². The topological polar surface area (TPSA) is 45.8 Å². The van der Waals surface area contributed by atoms with E-state index >= 15 is 0 Å². The van der Waals surface area contributed by atoms with E-state index in [0.717, 1.165) is 34.4 Å². The van der Waals surface area contributed by atoms with E-state index in [0.29, 0.717) is 22.7 Å². The van der Waals surface area contributed by atoms with Gasteiger partial charge in [0.25, 0.3) is 5.56 Å². The van der Waals surface area contributed by atoms with E-state index in [2.05, 4.69) is 28.6 Å². The Labute approximate surface area is 172 Å². The summed E-state index contributed by atoms with van der Waals surface area (Å²) in [5.41, 5.74) is 5.98. The quantitative estimate of drug-likeness (QED) is 0.469. The summed E-state index contributed by atoms with van der Waals surface area (Å²) in [5.74, 6) is 0.679. The van der Waals surface area contributed by atoms with Gasteiger partial charge in [-0.15, -0.1) is 11.3 Å². The zero-order chi connectivity index (χ0) is 19.1. The maximum atomic E-state index is 12.9. The number of nitrogens with zero attached hydrogens (tertiary/aromatic N) is 1. The highest BCUT2D eigenvalue weighted by Crippen LogP contribution is 2.33. The van der Waals surface area contributed by atoms with Gasteiger partial charge in [-0.2, -0.15) is 0 Å². The van der Waals surface area contributed by atoms with E-state index in [1.165, 1.54) is 35.3 Å². The molecule has 1 aliphatic rings. The standard InChI is InChI=1S/C23H19ClN2OS/c24-18-9-5-14(6-10-18)11-20-25-22(27)21-19(13-28-23(21)26-20)17-8-7-15-3-1-2-4-16(15)12-17/h5-10,12-13H,1-4,11H2,(H,25,26,27). The van der Waals surface area contributed by atoms with Crippen LogP contribution >= 0.6 is 22.9 Å². The fraction of sp³-hybridized carbons (Fsp3) is 0.217. The van der Waals surface area contributed by atoms with Gasteiger partial charge in [-0.05, 0) is 60.1 Å². The number of aromatic amines is 1. The molecule has 0 atom stereocenters. The minimum Gasteiger partial charge on any atom is -0.310 e. The first-order chi connectivity index (χ1) is 13.7. The second-order valence-electron chi connectivity index (χ2n) is 7.34. The molecule has 5 rings (SSSR count). The molecule has 1 N–H and O–H groups in total. The fourth-order valence-corrected chi connectivity index (χ4v) is 5.08. The third kappa shape index (κ3) is 3.27. The number of nitrogens with one attached hydrogen (secondary N) is 1. The molecule has 0 aliphatic heterocycles. The summed E-state index contributed by atoms with van der Waals surface area (Å²) < 4.78 is 0. The predicted octanol–water partition coefficient (Wildman–Crippen LogP) is 5.77. The van der Waals surface area contributed by atoms with Crippen molar-refractivity contribution < 1.29 is 0 Å². The summed E-state index contributed by atoms with van der Waals surface area (Å²) in [6, 6.07) is 14.3. The normalized spacial score (nSPS) is 13.6. The van der Waals surface area contributed by atoms with E-state index in [9.17, 15) is 4.79 Å². The lowest BCUT2D eigenvalue weighted by Crippen LogP contribution is -2.11. The molecule has 0 saturated carbocycles. The predicted molar refractivity (Wildman–Crippen MR) is 117 cm³/mol. The van der Waals surface area contributed by atoms with E-state index in [4.69, 9.17) is 16.6 Å². The Bertz CT molecular complexity index is 1220. The molecule has 0 spiro atoms. The van der Waals surface area contributed by atoms with Gasteiger partial charge in [0.15, 0.2) is 0 Å². The Balaban J connectivity index is 1.54. The number of aryl methyl sites for hydroxylation is 2. The van der Waals surface area contributed by atoms with Crippen LogP contribution in [0, 0.1) is 0 Å². The zero-order valence-corrected chi connectivity index (χ0v) is 16.9. The molecule has 2 aromatic heterocycles. The zero-order valence-electron chi connectivity index (χ0n) is 15.3. The minimum absolute atomic E-state index is 0.0667. The molecule has 5 heteroatoms. The lowest BCUT2D eigenvalue weighted by molar-refractivity contribution is 0.686. The van der Waals surface area contributed by atoms with Gasteiger partial charge in [-0.3, -0.25) is 4.79 Å². The monoisotopic (exact) mass is 406 g/mol. The van der Waals surface area contributed by atoms with Crippen molar-refractivity contribution in [2.45, 2.75) is 32.1 Å².